The standard InChI is InChI=1S/C25H26N4OS/c1-5-29(6-2)22-13-9-19(10-14-22)15-21(16-26)24-28-23(25(31-24)27-18(4)30)20-11-7-17(3)8-12-20/h7-15H,5-6H2,1-4H3,(H,27,30)/b21-15+. The third kappa shape index (κ3) is 5.39. The van der Waals surface area contributed by atoms with Crippen molar-refractivity contribution in [3.05, 3.63) is 64.7 Å². The Morgan fingerprint density at radius 2 is 1.77 bits per heavy atom. The highest BCUT2D eigenvalue weighted by Gasteiger charge is 2.17. The van der Waals surface area contributed by atoms with Crippen LogP contribution in [0.1, 0.15) is 36.9 Å². The van der Waals surface area contributed by atoms with Crippen LogP contribution in [0.15, 0.2) is 48.5 Å². The number of hydrogen-bond acceptors (Lipinski definition) is 5. The van der Waals surface area contributed by atoms with Gasteiger partial charge in [0.15, 0.2) is 0 Å². The molecule has 3 aromatic rings. The SMILES string of the molecule is CCN(CC)c1ccc(/C=C(\C#N)c2nc(-c3ccc(C)cc3)c(NC(C)=O)s2)cc1. The fourth-order valence-electron chi connectivity index (χ4n) is 3.27. The van der Waals surface area contributed by atoms with Gasteiger partial charge in [0.05, 0.1) is 5.57 Å². The van der Waals surface area contributed by atoms with Gasteiger partial charge >= 0.3 is 0 Å². The van der Waals surface area contributed by atoms with Gasteiger partial charge in [-0.05, 0) is 44.5 Å². The van der Waals surface area contributed by atoms with Gasteiger partial charge in [0, 0.05) is 31.3 Å². The van der Waals surface area contributed by atoms with E-state index in [2.05, 4.69) is 42.3 Å². The predicted molar refractivity (Wildman–Crippen MR) is 130 cm³/mol. The molecule has 158 valence electrons. The maximum atomic E-state index is 11.7. The molecule has 6 heteroatoms. The highest BCUT2D eigenvalue weighted by molar-refractivity contribution is 7.17. The minimum atomic E-state index is -0.168. The molecule has 1 aromatic heterocycles. The summed E-state index contributed by atoms with van der Waals surface area (Å²) in [5.74, 6) is -0.168. The summed E-state index contributed by atoms with van der Waals surface area (Å²) >= 11 is 1.31. The molecule has 5 nitrogen and oxygen atoms in total. The summed E-state index contributed by atoms with van der Waals surface area (Å²) in [7, 11) is 0. The van der Waals surface area contributed by atoms with Gasteiger partial charge in [0.2, 0.25) is 5.91 Å². The number of rotatable bonds is 7. The zero-order valence-corrected chi connectivity index (χ0v) is 19.1. The van der Waals surface area contributed by atoms with Crippen molar-refractivity contribution < 1.29 is 4.79 Å². The van der Waals surface area contributed by atoms with E-state index < -0.39 is 0 Å². The van der Waals surface area contributed by atoms with E-state index >= 15 is 0 Å². The van der Waals surface area contributed by atoms with Gasteiger partial charge < -0.3 is 10.2 Å². The van der Waals surface area contributed by atoms with Crippen molar-refractivity contribution in [2.24, 2.45) is 0 Å². The molecule has 31 heavy (non-hydrogen) atoms. The van der Waals surface area contributed by atoms with E-state index in [9.17, 15) is 10.1 Å². The van der Waals surface area contributed by atoms with Crippen LogP contribution >= 0.6 is 11.3 Å². The molecular weight excluding hydrogens is 404 g/mol. The second-order valence-corrected chi connectivity index (χ2v) is 8.18. The largest absolute Gasteiger partial charge is 0.372 e. The van der Waals surface area contributed by atoms with Gasteiger partial charge in [-0.1, -0.05) is 53.3 Å². The lowest BCUT2D eigenvalue weighted by atomic mass is 10.1. The van der Waals surface area contributed by atoms with Gasteiger partial charge in [0.25, 0.3) is 0 Å². The maximum absolute atomic E-state index is 11.7. The van der Waals surface area contributed by atoms with Crippen molar-refractivity contribution in [1.29, 1.82) is 5.26 Å². The van der Waals surface area contributed by atoms with Crippen molar-refractivity contribution in [3.63, 3.8) is 0 Å². The van der Waals surface area contributed by atoms with E-state index in [1.165, 1.54) is 18.3 Å². The van der Waals surface area contributed by atoms with Crippen LogP contribution in [-0.2, 0) is 4.79 Å². The third-order valence-electron chi connectivity index (χ3n) is 4.93. The number of benzene rings is 2. The lowest BCUT2D eigenvalue weighted by Crippen LogP contribution is -2.21. The summed E-state index contributed by atoms with van der Waals surface area (Å²) < 4.78 is 0. The van der Waals surface area contributed by atoms with Crippen LogP contribution in [0.25, 0.3) is 22.9 Å². The zero-order valence-electron chi connectivity index (χ0n) is 18.3. The number of nitriles is 1. The highest BCUT2D eigenvalue weighted by atomic mass is 32.1. The van der Waals surface area contributed by atoms with Gasteiger partial charge in [-0.2, -0.15) is 5.26 Å². The van der Waals surface area contributed by atoms with Gasteiger partial charge in [0.1, 0.15) is 21.8 Å². The second-order valence-electron chi connectivity index (χ2n) is 7.18. The summed E-state index contributed by atoms with van der Waals surface area (Å²) in [6.07, 6.45) is 1.83. The Bertz CT molecular complexity index is 1120. The number of aromatic nitrogens is 1. The Labute approximate surface area is 187 Å². The monoisotopic (exact) mass is 430 g/mol. The van der Waals surface area contributed by atoms with Crippen molar-refractivity contribution >= 4 is 39.6 Å². The van der Waals surface area contributed by atoms with E-state index in [1.807, 2.05) is 49.4 Å². The Morgan fingerprint density at radius 3 is 2.32 bits per heavy atom. The number of carbonyl (C=O) groups excluding carboxylic acids is 1. The van der Waals surface area contributed by atoms with Gasteiger partial charge in [-0.25, -0.2) is 4.98 Å². The van der Waals surface area contributed by atoms with Gasteiger partial charge in [-0.3, -0.25) is 4.79 Å². The third-order valence-corrected chi connectivity index (χ3v) is 5.93. The molecule has 3 rings (SSSR count). The van der Waals surface area contributed by atoms with Crippen LogP contribution in [0.3, 0.4) is 0 Å². The molecule has 0 aliphatic carbocycles. The van der Waals surface area contributed by atoms with Crippen molar-refractivity contribution in [3.8, 4) is 17.3 Å². The summed E-state index contributed by atoms with van der Waals surface area (Å²) in [4.78, 5) is 18.7. The molecule has 0 spiro atoms. The van der Waals surface area contributed by atoms with Crippen molar-refractivity contribution in [1.82, 2.24) is 4.98 Å². The molecule has 1 heterocycles. The molecule has 1 N–H and O–H groups in total. The van der Waals surface area contributed by atoms with Crippen LogP contribution in [0.4, 0.5) is 10.7 Å². The molecule has 0 unspecified atom stereocenters. The molecule has 1 amide bonds. The number of hydrogen-bond donors (Lipinski definition) is 1. The van der Waals surface area contributed by atoms with Crippen molar-refractivity contribution in [2.75, 3.05) is 23.3 Å². The second kappa shape index (κ2) is 10.1. The molecule has 2 aromatic carbocycles. The summed E-state index contributed by atoms with van der Waals surface area (Å²) in [6, 6.07) is 18.4. The van der Waals surface area contributed by atoms with Crippen LogP contribution in [0, 0.1) is 18.3 Å². The quantitative estimate of drug-likeness (QED) is 0.468. The number of amides is 1. The number of nitrogens with zero attached hydrogens (tertiary/aromatic N) is 3. The molecule has 0 saturated heterocycles. The molecule has 0 atom stereocenters. The van der Waals surface area contributed by atoms with Crippen LogP contribution in [0.5, 0.6) is 0 Å². The van der Waals surface area contributed by atoms with Crippen LogP contribution in [0.2, 0.25) is 0 Å². The molecule has 0 aliphatic rings. The molecule has 0 saturated carbocycles. The number of thiazole rings is 1. The van der Waals surface area contributed by atoms with E-state index in [1.54, 1.807) is 0 Å². The zero-order chi connectivity index (χ0) is 22.4. The summed E-state index contributed by atoms with van der Waals surface area (Å²) in [6.45, 7) is 9.64. The lowest BCUT2D eigenvalue weighted by Gasteiger charge is -2.20. The number of anilines is 2. The number of allylic oxidation sites excluding steroid dienone is 1. The lowest BCUT2D eigenvalue weighted by molar-refractivity contribution is -0.114. The minimum absolute atomic E-state index is 0.168. The Hall–Kier alpha value is -3.43. The van der Waals surface area contributed by atoms with E-state index in [4.69, 9.17) is 4.98 Å². The average molecular weight is 431 g/mol. The average Bonchev–Trinajstić information content (AvgIpc) is 3.17. The first kappa shape index (κ1) is 22.3. The first-order valence-corrected chi connectivity index (χ1v) is 11.1. The minimum Gasteiger partial charge on any atom is -0.372 e. The van der Waals surface area contributed by atoms with Crippen LogP contribution < -0.4 is 10.2 Å². The van der Waals surface area contributed by atoms with E-state index in [0.717, 1.165) is 35.5 Å². The number of carbonyl (C=O) groups is 1. The molecule has 0 fully saturated rings. The molecular formula is C25H26N4OS. The number of aryl methyl sites for hydroxylation is 1. The van der Waals surface area contributed by atoms with Crippen LogP contribution in [-0.4, -0.2) is 24.0 Å². The normalized spacial score (nSPS) is 11.1. The Balaban J connectivity index is 1.98. The summed E-state index contributed by atoms with van der Waals surface area (Å²) in [5, 5.41) is 13.9. The molecule has 0 radical (unpaired) electrons. The first-order valence-electron chi connectivity index (χ1n) is 10.3. The van der Waals surface area contributed by atoms with Crippen molar-refractivity contribution in [2.45, 2.75) is 27.7 Å². The van der Waals surface area contributed by atoms with E-state index in [0.29, 0.717) is 21.3 Å². The Morgan fingerprint density at radius 1 is 1.13 bits per heavy atom. The molecule has 0 bridgehead atoms. The highest BCUT2D eigenvalue weighted by Crippen LogP contribution is 2.36. The Kier molecular flexibility index (Phi) is 7.22. The van der Waals surface area contributed by atoms with E-state index in [-0.39, 0.29) is 5.91 Å². The van der Waals surface area contributed by atoms with Gasteiger partial charge in [-0.15, -0.1) is 0 Å². The first-order chi connectivity index (χ1) is 14.9. The fraction of sp³-hybridized carbons (Fsp3) is 0.240. The molecule has 0 aliphatic heterocycles. The maximum Gasteiger partial charge on any atom is 0.221 e. The number of nitrogens with one attached hydrogen (secondary N) is 1. The summed E-state index contributed by atoms with van der Waals surface area (Å²) in [5.41, 5.74) is 5.27. The fourth-order valence-corrected chi connectivity index (χ4v) is 4.27. The predicted octanol–water partition coefficient (Wildman–Crippen LogP) is 5.99. The topological polar surface area (TPSA) is 69.0 Å². The smallest absolute Gasteiger partial charge is 0.221 e.